The summed E-state index contributed by atoms with van der Waals surface area (Å²) in [5.74, 6) is -0.730. The third kappa shape index (κ3) is 4.71. The second-order valence-electron chi connectivity index (χ2n) is 7.46. The Kier molecular flexibility index (Phi) is 5.93. The molecule has 1 aromatic heterocycles. The first-order valence-corrected chi connectivity index (χ1v) is 10.1. The highest BCUT2D eigenvalue weighted by atomic mass is 19.1. The van der Waals surface area contributed by atoms with Crippen LogP contribution in [0.2, 0.25) is 0 Å². The second-order valence-corrected chi connectivity index (χ2v) is 7.46. The van der Waals surface area contributed by atoms with Crippen LogP contribution in [0.4, 0.5) is 4.39 Å². The van der Waals surface area contributed by atoms with Gasteiger partial charge in [0.15, 0.2) is 5.69 Å². The summed E-state index contributed by atoms with van der Waals surface area (Å²) in [6.45, 7) is 1.18. The Balaban J connectivity index is 1.45. The van der Waals surface area contributed by atoms with Gasteiger partial charge in [-0.2, -0.15) is 5.10 Å². The average Bonchev–Trinajstić information content (AvgIpc) is 3.13. The standard InChI is InChI=1S/C24H23FN4O2/c1-28-21-13-14-29(22(30)12-9-17-5-3-2-4-6-17)16-20(21)23(27-28)24(31)26-15-18-7-10-19(25)11-8-18/h2-12H,13-16H2,1H3,(H,26,31). The highest BCUT2D eigenvalue weighted by Crippen LogP contribution is 2.23. The number of fused-ring (bicyclic) bond motifs is 1. The maximum absolute atomic E-state index is 13.1. The van der Waals surface area contributed by atoms with Gasteiger partial charge in [0.1, 0.15) is 5.82 Å². The number of nitrogens with one attached hydrogen (secondary N) is 1. The minimum absolute atomic E-state index is 0.101. The smallest absolute Gasteiger partial charge is 0.272 e. The normalized spacial score (nSPS) is 13.3. The van der Waals surface area contributed by atoms with Crippen LogP contribution in [0.25, 0.3) is 6.08 Å². The van der Waals surface area contributed by atoms with E-state index in [0.29, 0.717) is 25.2 Å². The molecule has 0 saturated heterocycles. The monoisotopic (exact) mass is 418 g/mol. The zero-order valence-corrected chi connectivity index (χ0v) is 17.2. The van der Waals surface area contributed by atoms with Gasteiger partial charge in [-0.15, -0.1) is 0 Å². The van der Waals surface area contributed by atoms with Crippen molar-refractivity contribution in [1.82, 2.24) is 20.0 Å². The molecule has 0 spiro atoms. The fourth-order valence-corrected chi connectivity index (χ4v) is 3.67. The summed E-state index contributed by atoms with van der Waals surface area (Å²) in [6, 6.07) is 15.6. The summed E-state index contributed by atoms with van der Waals surface area (Å²) >= 11 is 0. The molecule has 0 atom stereocenters. The maximum atomic E-state index is 13.1. The van der Waals surface area contributed by atoms with Gasteiger partial charge < -0.3 is 10.2 Å². The molecule has 0 unspecified atom stereocenters. The topological polar surface area (TPSA) is 67.2 Å². The zero-order chi connectivity index (χ0) is 21.8. The lowest BCUT2D eigenvalue weighted by Gasteiger charge is -2.26. The van der Waals surface area contributed by atoms with E-state index in [1.165, 1.54) is 12.1 Å². The maximum Gasteiger partial charge on any atom is 0.272 e. The molecule has 6 nitrogen and oxygen atoms in total. The fraction of sp³-hybridized carbons (Fsp3) is 0.208. The molecule has 0 aliphatic carbocycles. The van der Waals surface area contributed by atoms with E-state index < -0.39 is 0 Å². The Bertz CT molecular complexity index is 1120. The summed E-state index contributed by atoms with van der Waals surface area (Å²) in [4.78, 5) is 27.2. The number of halogens is 1. The number of nitrogens with zero attached hydrogens (tertiary/aromatic N) is 3. The van der Waals surface area contributed by atoms with Gasteiger partial charge in [-0.05, 0) is 29.3 Å². The fourth-order valence-electron chi connectivity index (χ4n) is 3.67. The Labute approximate surface area is 180 Å². The molecular weight excluding hydrogens is 395 g/mol. The SMILES string of the molecule is Cn1nc(C(=O)NCc2ccc(F)cc2)c2c1CCN(C(=O)C=Cc1ccccc1)C2. The van der Waals surface area contributed by atoms with Gasteiger partial charge in [-0.1, -0.05) is 42.5 Å². The molecule has 7 heteroatoms. The van der Waals surface area contributed by atoms with Crippen molar-refractivity contribution in [2.75, 3.05) is 6.54 Å². The van der Waals surface area contributed by atoms with Gasteiger partial charge in [0.25, 0.3) is 5.91 Å². The number of amides is 2. The van der Waals surface area contributed by atoms with E-state index in [2.05, 4.69) is 10.4 Å². The van der Waals surface area contributed by atoms with E-state index in [1.807, 2.05) is 37.4 Å². The highest BCUT2D eigenvalue weighted by molar-refractivity contribution is 5.95. The van der Waals surface area contributed by atoms with Crippen molar-refractivity contribution in [3.63, 3.8) is 0 Å². The third-order valence-electron chi connectivity index (χ3n) is 5.35. The van der Waals surface area contributed by atoms with Crippen molar-refractivity contribution in [1.29, 1.82) is 0 Å². The molecule has 158 valence electrons. The van der Waals surface area contributed by atoms with E-state index in [-0.39, 0.29) is 24.2 Å². The van der Waals surface area contributed by atoms with Gasteiger partial charge in [0, 0.05) is 43.9 Å². The molecule has 2 amide bonds. The summed E-state index contributed by atoms with van der Waals surface area (Å²) in [7, 11) is 1.81. The molecule has 2 aromatic carbocycles. The third-order valence-corrected chi connectivity index (χ3v) is 5.35. The van der Waals surface area contributed by atoms with Crippen LogP contribution in [-0.4, -0.2) is 33.0 Å². The van der Waals surface area contributed by atoms with Crippen molar-refractivity contribution >= 4 is 17.9 Å². The first kappa shape index (κ1) is 20.5. The lowest BCUT2D eigenvalue weighted by Crippen LogP contribution is -2.36. The van der Waals surface area contributed by atoms with E-state index >= 15 is 0 Å². The lowest BCUT2D eigenvalue weighted by molar-refractivity contribution is -0.126. The van der Waals surface area contributed by atoms with Crippen LogP contribution in [0.1, 0.15) is 32.9 Å². The number of hydrogen-bond donors (Lipinski definition) is 1. The van der Waals surface area contributed by atoms with E-state index in [0.717, 1.165) is 22.4 Å². The van der Waals surface area contributed by atoms with Crippen molar-refractivity contribution in [2.45, 2.75) is 19.5 Å². The van der Waals surface area contributed by atoms with Crippen LogP contribution in [0.5, 0.6) is 0 Å². The molecular formula is C24H23FN4O2. The Hall–Kier alpha value is -3.74. The van der Waals surface area contributed by atoms with Crippen LogP contribution in [0.3, 0.4) is 0 Å². The molecule has 0 bridgehead atoms. The molecule has 0 radical (unpaired) electrons. The molecule has 31 heavy (non-hydrogen) atoms. The van der Waals surface area contributed by atoms with Crippen LogP contribution >= 0.6 is 0 Å². The van der Waals surface area contributed by atoms with E-state index in [1.54, 1.807) is 33.9 Å². The first-order chi connectivity index (χ1) is 15.0. The Morgan fingerprint density at radius 2 is 1.87 bits per heavy atom. The van der Waals surface area contributed by atoms with Crippen LogP contribution < -0.4 is 5.32 Å². The second kappa shape index (κ2) is 8.95. The summed E-state index contributed by atoms with van der Waals surface area (Å²) < 4.78 is 14.8. The van der Waals surface area contributed by atoms with Crippen molar-refractivity contribution in [3.05, 3.63) is 94.6 Å². The molecule has 2 heterocycles. The highest BCUT2D eigenvalue weighted by Gasteiger charge is 2.28. The molecule has 0 saturated carbocycles. The number of aromatic nitrogens is 2. The summed E-state index contributed by atoms with van der Waals surface area (Å²) in [6.07, 6.45) is 3.98. The van der Waals surface area contributed by atoms with Gasteiger partial charge in [-0.3, -0.25) is 14.3 Å². The molecule has 4 rings (SSSR count). The average molecular weight is 418 g/mol. The Morgan fingerprint density at radius 3 is 2.61 bits per heavy atom. The molecule has 3 aromatic rings. The van der Waals surface area contributed by atoms with Gasteiger partial charge in [-0.25, -0.2) is 4.39 Å². The van der Waals surface area contributed by atoms with Crippen molar-refractivity contribution < 1.29 is 14.0 Å². The minimum Gasteiger partial charge on any atom is -0.347 e. The number of benzene rings is 2. The van der Waals surface area contributed by atoms with Gasteiger partial charge >= 0.3 is 0 Å². The van der Waals surface area contributed by atoms with Crippen LogP contribution in [-0.2, 0) is 31.4 Å². The molecule has 0 fully saturated rings. The summed E-state index contributed by atoms with van der Waals surface area (Å²) in [5.41, 5.74) is 3.80. The van der Waals surface area contributed by atoms with Crippen molar-refractivity contribution in [3.8, 4) is 0 Å². The lowest BCUT2D eigenvalue weighted by atomic mass is 10.0. The van der Waals surface area contributed by atoms with E-state index in [4.69, 9.17) is 0 Å². The van der Waals surface area contributed by atoms with Gasteiger partial charge in [0.2, 0.25) is 5.91 Å². The number of aryl methyl sites for hydroxylation is 1. The number of rotatable bonds is 5. The van der Waals surface area contributed by atoms with E-state index in [9.17, 15) is 14.0 Å². The van der Waals surface area contributed by atoms with Crippen molar-refractivity contribution in [2.24, 2.45) is 7.05 Å². The predicted molar refractivity (Wildman–Crippen MR) is 115 cm³/mol. The molecule has 1 aliphatic rings. The molecule has 1 N–H and O–H groups in total. The quantitative estimate of drug-likeness (QED) is 0.648. The predicted octanol–water partition coefficient (Wildman–Crippen LogP) is 3.09. The van der Waals surface area contributed by atoms with Crippen LogP contribution in [0, 0.1) is 5.82 Å². The van der Waals surface area contributed by atoms with Crippen LogP contribution in [0.15, 0.2) is 60.7 Å². The minimum atomic E-state index is -0.319. The number of carbonyl (C=O) groups excluding carboxylic acids is 2. The Morgan fingerprint density at radius 1 is 1.13 bits per heavy atom. The first-order valence-electron chi connectivity index (χ1n) is 10.1. The number of carbonyl (C=O) groups is 2. The molecule has 1 aliphatic heterocycles. The summed E-state index contributed by atoms with van der Waals surface area (Å²) in [5, 5.41) is 7.23. The largest absolute Gasteiger partial charge is 0.347 e. The van der Waals surface area contributed by atoms with Gasteiger partial charge in [0.05, 0.1) is 6.54 Å². The number of hydrogen-bond acceptors (Lipinski definition) is 3. The zero-order valence-electron chi connectivity index (χ0n) is 17.2.